The maximum atomic E-state index is 13.4. The normalized spacial score (nSPS) is 25.4. The number of amides is 5. The Balaban J connectivity index is 0.748. The molecule has 5 heterocycles. The average Bonchev–Trinajstić information content (AvgIpc) is 3.75. The third-order valence-corrected chi connectivity index (χ3v) is 12.8. The molecule has 6 aliphatic rings. The summed E-state index contributed by atoms with van der Waals surface area (Å²) in [4.78, 5) is 71.8. The molecule has 2 aromatic heterocycles. The van der Waals surface area contributed by atoms with Crippen LogP contribution in [0.15, 0.2) is 60.1 Å². The van der Waals surface area contributed by atoms with E-state index in [1.165, 1.54) is 6.20 Å². The van der Waals surface area contributed by atoms with Crippen molar-refractivity contribution in [3.8, 4) is 11.5 Å². The fraction of sp³-hybridized carbons (Fsp3) is 0.432. The number of anilines is 1. The van der Waals surface area contributed by atoms with Gasteiger partial charge < -0.3 is 14.8 Å². The number of nitrogens with one attached hydrogen (secondary N) is 2. The summed E-state index contributed by atoms with van der Waals surface area (Å²) >= 11 is 0. The van der Waals surface area contributed by atoms with Crippen LogP contribution in [-0.4, -0.2) is 102 Å². The van der Waals surface area contributed by atoms with E-state index in [0.717, 1.165) is 73.4 Å². The number of carbonyl (C=O) groups excluding carboxylic acids is 5. The molecule has 1 atom stereocenters. The lowest BCUT2D eigenvalue weighted by Crippen LogP contribution is -2.54. The van der Waals surface area contributed by atoms with Crippen LogP contribution in [0.2, 0.25) is 0 Å². The van der Waals surface area contributed by atoms with Crippen molar-refractivity contribution in [2.75, 3.05) is 18.5 Å². The summed E-state index contributed by atoms with van der Waals surface area (Å²) in [6, 6.07) is 10.4. The number of fused-ring (bicyclic) bond motifs is 3. The summed E-state index contributed by atoms with van der Waals surface area (Å²) in [5.74, 6) is -0.365. The second kappa shape index (κ2) is 15.4. The van der Waals surface area contributed by atoms with Gasteiger partial charge in [0.2, 0.25) is 18.0 Å². The molecular formula is C44H46N9O7+. The van der Waals surface area contributed by atoms with E-state index < -0.39 is 29.7 Å². The van der Waals surface area contributed by atoms with Gasteiger partial charge in [0.25, 0.3) is 17.7 Å². The number of aromatic nitrogens is 3. The van der Waals surface area contributed by atoms with Gasteiger partial charge in [0.05, 0.1) is 34.8 Å². The van der Waals surface area contributed by atoms with Crippen LogP contribution in [0.5, 0.6) is 11.5 Å². The highest BCUT2D eigenvalue weighted by molar-refractivity contribution is 6.23. The summed E-state index contributed by atoms with van der Waals surface area (Å²) < 4.78 is 16.0. The number of piperidine rings is 1. The van der Waals surface area contributed by atoms with Crippen LogP contribution in [-0.2, 0) is 9.59 Å². The smallest absolute Gasteiger partial charge is 0.262 e. The van der Waals surface area contributed by atoms with Crippen LogP contribution in [0.3, 0.4) is 0 Å². The van der Waals surface area contributed by atoms with Crippen molar-refractivity contribution >= 4 is 53.3 Å². The van der Waals surface area contributed by atoms with Gasteiger partial charge >= 0.3 is 0 Å². The van der Waals surface area contributed by atoms with Crippen LogP contribution in [0.4, 0.5) is 5.69 Å². The monoisotopic (exact) mass is 812 g/mol. The van der Waals surface area contributed by atoms with Crippen LogP contribution in [0, 0.1) is 11.8 Å². The van der Waals surface area contributed by atoms with Crippen molar-refractivity contribution in [2.45, 2.75) is 95.4 Å². The number of nitrogens with zero attached hydrogens (tertiary/aromatic N) is 7. The van der Waals surface area contributed by atoms with Crippen LogP contribution < -0.4 is 30.7 Å². The number of imide groups is 2. The lowest BCUT2D eigenvalue weighted by atomic mass is 9.81. The maximum Gasteiger partial charge on any atom is 0.262 e. The summed E-state index contributed by atoms with van der Waals surface area (Å²) in [5, 5.41) is 16.1. The van der Waals surface area contributed by atoms with Crippen molar-refractivity contribution in [1.82, 2.24) is 29.7 Å². The lowest BCUT2D eigenvalue weighted by Gasteiger charge is -2.47. The summed E-state index contributed by atoms with van der Waals surface area (Å²) in [5.41, 5.74) is 1.91. The van der Waals surface area contributed by atoms with E-state index in [2.05, 4.69) is 38.8 Å². The Morgan fingerprint density at radius 2 is 1.82 bits per heavy atom. The van der Waals surface area contributed by atoms with Crippen molar-refractivity contribution in [3.05, 3.63) is 82.3 Å². The van der Waals surface area contributed by atoms with Gasteiger partial charge in [0.1, 0.15) is 34.6 Å². The molecule has 2 N–H and O–H groups in total. The second-order valence-corrected chi connectivity index (χ2v) is 16.7. The van der Waals surface area contributed by atoms with Gasteiger partial charge in [-0.05, 0) is 87.7 Å². The minimum atomic E-state index is -0.999. The molecule has 3 aliphatic heterocycles. The first kappa shape index (κ1) is 37.9. The highest BCUT2D eigenvalue weighted by Crippen LogP contribution is 2.37. The van der Waals surface area contributed by atoms with E-state index in [1.807, 2.05) is 23.0 Å². The highest BCUT2D eigenvalue weighted by Gasteiger charge is 2.45. The standard InChI is InChI=1S/C44H45N9O7/c1-2-51(29-17-31(18-29)60-30-10-11-32-33(19-30)44(58)53(43(32)57)37-12-13-39(54)48-42(37)56)28-8-6-25(7-9-28)22-50-23-27-16-36(38(20-35(27)49-50)59-24-26-4-5-26)47-41(55)34-21-46-52-15-3-14-45-40(34)52/h3,10-11,14-16,19-23,25-26,28-29,31,37H,2,4-9,12-13,17-18,24H2,1H3,(H-,47,48,54,55,56)/p+1/b50-22+. The summed E-state index contributed by atoms with van der Waals surface area (Å²) in [6.07, 6.45) is 17.6. The molecule has 1 saturated heterocycles. The minimum absolute atomic E-state index is 0.00402. The Morgan fingerprint density at radius 1 is 1.00 bits per heavy atom. The molecule has 4 fully saturated rings. The lowest BCUT2D eigenvalue weighted by molar-refractivity contribution is -0.424. The van der Waals surface area contributed by atoms with Gasteiger partial charge in [0, 0.05) is 60.8 Å². The van der Waals surface area contributed by atoms with Crippen LogP contribution in [0.1, 0.15) is 102 Å². The first-order chi connectivity index (χ1) is 29.2. The molecule has 3 saturated carbocycles. The molecule has 0 bridgehead atoms. The maximum absolute atomic E-state index is 13.4. The van der Waals surface area contributed by atoms with E-state index >= 15 is 0 Å². The molecule has 10 rings (SSSR count). The van der Waals surface area contributed by atoms with Crippen LogP contribution in [0.25, 0.3) is 11.8 Å². The van der Waals surface area contributed by atoms with Gasteiger partial charge in [-0.25, -0.2) is 9.50 Å². The Labute approximate surface area is 344 Å². The molecule has 16 nitrogen and oxygen atoms in total. The zero-order chi connectivity index (χ0) is 41.1. The molecule has 0 radical (unpaired) electrons. The van der Waals surface area contributed by atoms with Crippen molar-refractivity contribution < 1.29 is 38.1 Å². The van der Waals surface area contributed by atoms with E-state index in [0.29, 0.717) is 58.9 Å². The summed E-state index contributed by atoms with van der Waals surface area (Å²) in [6.45, 7) is 3.76. The molecule has 308 valence electrons. The van der Waals surface area contributed by atoms with E-state index in [9.17, 15) is 24.0 Å². The molecule has 5 amide bonds. The first-order valence-corrected chi connectivity index (χ1v) is 21.1. The first-order valence-electron chi connectivity index (χ1n) is 21.1. The topological polar surface area (TPSA) is 180 Å². The van der Waals surface area contributed by atoms with Gasteiger partial charge in [-0.2, -0.15) is 5.10 Å². The molecule has 4 aromatic rings. The number of rotatable bonds is 12. The number of hydrogen-bond donors (Lipinski definition) is 2. The third-order valence-electron chi connectivity index (χ3n) is 12.8. The van der Waals surface area contributed by atoms with Gasteiger partial charge in [-0.1, -0.05) is 11.6 Å². The minimum Gasteiger partial charge on any atom is -0.491 e. The van der Waals surface area contributed by atoms with Crippen molar-refractivity contribution in [1.29, 1.82) is 0 Å². The molecule has 0 spiro atoms. The quantitative estimate of drug-likeness (QED) is 0.160. The Bertz CT molecular complexity index is 2600. The number of ether oxygens (including phenoxy) is 2. The fourth-order valence-electron chi connectivity index (χ4n) is 9.27. The Kier molecular flexibility index (Phi) is 9.73. The van der Waals surface area contributed by atoms with Gasteiger partial charge in [-0.3, -0.25) is 39.1 Å². The third kappa shape index (κ3) is 7.22. The van der Waals surface area contributed by atoms with Crippen molar-refractivity contribution in [2.24, 2.45) is 16.9 Å². The zero-order valence-electron chi connectivity index (χ0n) is 33.3. The van der Waals surface area contributed by atoms with E-state index in [4.69, 9.17) is 14.6 Å². The second-order valence-electron chi connectivity index (χ2n) is 16.7. The number of carbonyl (C=O) groups is 5. The Hall–Kier alpha value is -6.29. The van der Waals surface area contributed by atoms with Gasteiger partial charge in [0.15, 0.2) is 11.9 Å². The molecule has 60 heavy (non-hydrogen) atoms. The van der Waals surface area contributed by atoms with E-state index in [1.54, 1.807) is 41.2 Å². The van der Waals surface area contributed by atoms with E-state index in [-0.39, 0.29) is 36.0 Å². The van der Waals surface area contributed by atoms with Crippen LogP contribution >= 0.6 is 0 Å². The van der Waals surface area contributed by atoms with Gasteiger partial charge in [-0.15, -0.1) is 0 Å². The van der Waals surface area contributed by atoms with Crippen molar-refractivity contribution in [3.63, 3.8) is 0 Å². The average molecular weight is 813 g/mol. The Morgan fingerprint density at radius 3 is 2.60 bits per heavy atom. The zero-order valence-corrected chi connectivity index (χ0v) is 33.3. The number of benzene rings is 2. The highest BCUT2D eigenvalue weighted by atomic mass is 16.5. The molecule has 16 heteroatoms. The largest absolute Gasteiger partial charge is 0.491 e. The molecular weight excluding hydrogens is 767 g/mol. The fourth-order valence-corrected chi connectivity index (χ4v) is 9.27. The molecule has 3 aliphatic carbocycles. The predicted molar refractivity (Wildman–Crippen MR) is 216 cm³/mol. The summed E-state index contributed by atoms with van der Waals surface area (Å²) in [7, 11) is 0. The predicted octanol–water partition coefficient (Wildman–Crippen LogP) is 3.03. The SMILES string of the molecule is CCN(C1CCC(/C=[N+]2\C=c3cc(NC(=O)c4cnn5cccnc45)c(OCC4CC4)cc3=N2)CC1)C1CC(Oc2ccc3c(c2)C(=O)N(C2CCC(=O)NC2=O)C3=O)C1. The molecule has 1 unspecified atom stereocenters. The molecule has 2 aromatic carbocycles. The number of hydrogen-bond acceptors (Lipinski definition) is 11.